The molecule has 0 amide bonds. The van der Waals surface area contributed by atoms with Crippen molar-refractivity contribution in [2.75, 3.05) is 0 Å². The lowest BCUT2D eigenvalue weighted by molar-refractivity contribution is -0.141. The standard InChI is InChI=1S/C8H12N2O2/c1-6(8(11)12)3-7-4-9-5-10(7)2/h4-6H,3H2,1-2H3,(H,11,12). The highest BCUT2D eigenvalue weighted by atomic mass is 16.4. The fraction of sp³-hybridized carbons (Fsp3) is 0.500. The van der Waals surface area contributed by atoms with Gasteiger partial charge < -0.3 is 9.67 Å². The molecule has 0 aromatic carbocycles. The minimum absolute atomic E-state index is 0.347. The van der Waals surface area contributed by atoms with E-state index in [0.717, 1.165) is 5.69 Å². The number of aryl methyl sites for hydroxylation is 1. The van der Waals surface area contributed by atoms with Gasteiger partial charge in [0.15, 0.2) is 0 Å². The van der Waals surface area contributed by atoms with E-state index in [0.29, 0.717) is 6.42 Å². The maximum absolute atomic E-state index is 10.5. The van der Waals surface area contributed by atoms with Gasteiger partial charge in [0.1, 0.15) is 0 Å². The van der Waals surface area contributed by atoms with Crippen LogP contribution in [0.25, 0.3) is 0 Å². The van der Waals surface area contributed by atoms with Crippen molar-refractivity contribution in [1.29, 1.82) is 0 Å². The fourth-order valence-corrected chi connectivity index (χ4v) is 0.982. The number of rotatable bonds is 3. The van der Waals surface area contributed by atoms with Crippen molar-refractivity contribution in [2.45, 2.75) is 13.3 Å². The summed E-state index contributed by atoms with van der Waals surface area (Å²) in [6.45, 7) is 1.69. The summed E-state index contributed by atoms with van der Waals surface area (Å²) in [5, 5.41) is 8.64. The van der Waals surface area contributed by atoms with E-state index in [1.165, 1.54) is 0 Å². The number of hydrogen-bond acceptors (Lipinski definition) is 2. The lowest BCUT2D eigenvalue weighted by Gasteiger charge is -2.05. The molecule has 0 saturated heterocycles. The topological polar surface area (TPSA) is 55.1 Å². The van der Waals surface area contributed by atoms with Gasteiger partial charge >= 0.3 is 5.97 Å². The highest BCUT2D eigenvalue weighted by molar-refractivity contribution is 5.69. The Morgan fingerprint density at radius 1 is 1.83 bits per heavy atom. The molecule has 0 saturated carbocycles. The normalized spacial score (nSPS) is 12.8. The average molecular weight is 168 g/mol. The molecule has 1 unspecified atom stereocenters. The number of hydrogen-bond donors (Lipinski definition) is 1. The first-order chi connectivity index (χ1) is 5.61. The second kappa shape index (κ2) is 3.38. The zero-order valence-corrected chi connectivity index (χ0v) is 7.19. The van der Waals surface area contributed by atoms with E-state index in [1.807, 2.05) is 11.6 Å². The van der Waals surface area contributed by atoms with Crippen molar-refractivity contribution >= 4 is 5.97 Å². The van der Waals surface area contributed by atoms with E-state index in [1.54, 1.807) is 19.4 Å². The van der Waals surface area contributed by atoms with Crippen LogP contribution in [0.4, 0.5) is 0 Å². The Kier molecular flexibility index (Phi) is 2.47. The largest absolute Gasteiger partial charge is 0.481 e. The second-order valence-electron chi connectivity index (χ2n) is 2.94. The van der Waals surface area contributed by atoms with Gasteiger partial charge in [-0.2, -0.15) is 0 Å². The quantitative estimate of drug-likeness (QED) is 0.722. The van der Waals surface area contributed by atoms with E-state index >= 15 is 0 Å². The maximum atomic E-state index is 10.5. The number of aliphatic carboxylic acids is 1. The molecule has 1 atom stereocenters. The molecule has 1 aromatic heterocycles. The van der Waals surface area contributed by atoms with Gasteiger partial charge in [0.25, 0.3) is 0 Å². The Hall–Kier alpha value is -1.32. The summed E-state index contributed by atoms with van der Waals surface area (Å²) in [5.74, 6) is -1.11. The lowest BCUT2D eigenvalue weighted by atomic mass is 10.1. The van der Waals surface area contributed by atoms with Gasteiger partial charge in [-0.3, -0.25) is 4.79 Å². The summed E-state index contributed by atoms with van der Waals surface area (Å²) in [5.41, 5.74) is 0.949. The Labute approximate surface area is 70.9 Å². The zero-order valence-electron chi connectivity index (χ0n) is 7.19. The number of aromatic nitrogens is 2. The molecule has 0 bridgehead atoms. The Morgan fingerprint density at radius 2 is 2.50 bits per heavy atom. The van der Waals surface area contributed by atoms with Gasteiger partial charge in [0, 0.05) is 25.4 Å². The molecule has 0 aliphatic heterocycles. The van der Waals surface area contributed by atoms with Crippen LogP contribution in [0.15, 0.2) is 12.5 Å². The van der Waals surface area contributed by atoms with Crippen LogP contribution in [-0.4, -0.2) is 20.6 Å². The van der Waals surface area contributed by atoms with Crippen LogP contribution in [-0.2, 0) is 18.3 Å². The predicted molar refractivity (Wildman–Crippen MR) is 43.7 cm³/mol. The van der Waals surface area contributed by atoms with Crippen LogP contribution in [0.5, 0.6) is 0 Å². The molecule has 1 heterocycles. The highest BCUT2D eigenvalue weighted by Crippen LogP contribution is 2.06. The molecule has 0 spiro atoms. The lowest BCUT2D eigenvalue weighted by Crippen LogP contribution is -2.13. The first-order valence-electron chi connectivity index (χ1n) is 3.79. The molecule has 4 nitrogen and oxygen atoms in total. The van der Waals surface area contributed by atoms with Gasteiger partial charge in [-0.15, -0.1) is 0 Å². The van der Waals surface area contributed by atoms with Gasteiger partial charge in [-0.1, -0.05) is 6.92 Å². The SMILES string of the molecule is CC(Cc1cncn1C)C(=O)O. The summed E-state index contributed by atoms with van der Waals surface area (Å²) >= 11 is 0. The maximum Gasteiger partial charge on any atom is 0.306 e. The van der Waals surface area contributed by atoms with Gasteiger partial charge in [0.05, 0.1) is 12.2 Å². The van der Waals surface area contributed by atoms with Crippen LogP contribution in [0, 0.1) is 5.92 Å². The third kappa shape index (κ3) is 1.84. The Bertz CT molecular complexity index is 280. The number of imidazole rings is 1. The molecule has 12 heavy (non-hydrogen) atoms. The van der Waals surface area contributed by atoms with Gasteiger partial charge in [0.2, 0.25) is 0 Å². The van der Waals surface area contributed by atoms with Crippen molar-refractivity contribution in [3.05, 3.63) is 18.2 Å². The van der Waals surface area contributed by atoms with Crippen molar-refractivity contribution in [3.63, 3.8) is 0 Å². The molecular formula is C8H12N2O2. The van der Waals surface area contributed by atoms with Crippen molar-refractivity contribution < 1.29 is 9.90 Å². The Balaban J connectivity index is 2.64. The van der Waals surface area contributed by atoms with Gasteiger partial charge in [-0.05, 0) is 0 Å². The molecule has 4 heteroatoms. The van der Waals surface area contributed by atoms with Crippen molar-refractivity contribution in [3.8, 4) is 0 Å². The van der Waals surface area contributed by atoms with Crippen LogP contribution >= 0.6 is 0 Å². The van der Waals surface area contributed by atoms with E-state index in [-0.39, 0.29) is 5.92 Å². The van der Waals surface area contributed by atoms with Crippen LogP contribution in [0.3, 0.4) is 0 Å². The molecule has 0 radical (unpaired) electrons. The third-order valence-electron chi connectivity index (χ3n) is 1.85. The molecule has 66 valence electrons. The highest BCUT2D eigenvalue weighted by Gasteiger charge is 2.12. The van der Waals surface area contributed by atoms with E-state index < -0.39 is 5.97 Å². The summed E-state index contributed by atoms with van der Waals surface area (Å²) in [4.78, 5) is 14.4. The fourth-order valence-electron chi connectivity index (χ4n) is 0.982. The summed E-state index contributed by atoms with van der Waals surface area (Å²) in [6.07, 6.45) is 3.90. The van der Waals surface area contributed by atoms with Crippen LogP contribution < -0.4 is 0 Å². The van der Waals surface area contributed by atoms with E-state index in [4.69, 9.17) is 5.11 Å². The first-order valence-corrected chi connectivity index (χ1v) is 3.79. The Morgan fingerprint density at radius 3 is 2.92 bits per heavy atom. The minimum Gasteiger partial charge on any atom is -0.481 e. The number of carbonyl (C=O) groups is 1. The first kappa shape index (κ1) is 8.77. The van der Waals surface area contributed by atoms with E-state index in [9.17, 15) is 4.79 Å². The smallest absolute Gasteiger partial charge is 0.306 e. The summed E-state index contributed by atoms with van der Waals surface area (Å²) in [6, 6.07) is 0. The second-order valence-corrected chi connectivity index (χ2v) is 2.94. The zero-order chi connectivity index (χ0) is 9.14. The third-order valence-corrected chi connectivity index (χ3v) is 1.85. The summed E-state index contributed by atoms with van der Waals surface area (Å²) in [7, 11) is 1.86. The molecule has 1 aromatic rings. The predicted octanol–water partition coefficient (Wildman–Crippen LogP) is 0.683. The summed E-state index contributed by atoms with van der Waals surface area (Å²) < 4.78 is 1.83. The molecular weight excluding hydrogens is 156 g/mol. The van der Waals surface area contributed by atoms with Gasteiger partial charge in [-0.25, -0.2) is 4.98 Å². The molecule has 0 aliphatic carbocycles. The average Bonchev–Trinajstić information content (AvgIpc) is 2.36. The monoisotopic (exact) mass is 168 g/mol. The number of carboxylic acid groups (broad SMARTS) is 1. The van der Waals surface area contributed by atoms with Crippen molar-refractivity contribution in [1.82, 2.24) is 9.55 Å². The molecule has 0 aliphatic rings. The van der Waals surface area contributed by atoms with Crippen LogP contribution in [0.1, 0.15) is 12.6 Å². The van der Waals surface area contributed by atoms with E-state index in [2.05, 4.69) is 4.98 Å². The molecule has 1 rings (SSSR count). The van der Waals surface area contributed by atoms with Crippen LogP contribution in [0.2, 0.25) is 0 Å². The molecule has 1 N–H and O–H groups in total. The molecule has 0 fully saturated rings. The van der Waals surface area contributed by atoms with Crippen molar-refractivity contribution in [2.24, 2.45) is 13.0 Å². The number of carboxylic acids is 1. The minimum atomic E-state index is -0.767. The number of nitrogens with zero attached hydrogens (tertiary/aromatic N) is 2.